The van der Waals surface area contributed by atoms with Crippen LogP contribution in [0.5, 0.6) is 0 Å². The van der Waals surface area contributed by atoms with Crippen LogP contribution in [0.15, 0.2) is 10.7 Å². The lowest BCUT2D eigenvalue weighted by Crippen LogP contribution is -1.86. The molecule has 1 aliphatic carbocycles. The summed E-state index contributed by atoms with van der Waals surface area (Å²) in [4.78, 5) is 14.3. The largest absolute Gasteiger partial charge is 0.448 e. The molecule has 1 aliphatic rings. The van der Waals surface area contributed by atoms with E-state index in [1.54, 1.807) is 6.26 Å². The molecule has 3 nitrogen and oxygen atoms in total. The molecule has 58 valence electrons. The molecule has 1 aromatic heterocycles. The zero-order valence-electron chi connectivity index (χ0n) is 6.12. The minimum Gasteiger partial charge on any atom is -0.448 e. The van der Waals surface area contributed by atoms with E-state index in [-0.39, 0.29) is 0 Å². The van der Waals surface area contributed by atoms with Crippen LogP contribution < -0.4 is 0 Å². The number of rotatable bonds is 3. The maximum absolute atomic E-state index is 10.1. The van der Waals surface area contributed by atoms with Crippen molar-refractivity contribution < 1.29 is 9.21 Å². The molecule has 0 spiro atoms. The van der Waals surface area contributed by atoms with Gasteiger partial charge in [0.25, 0.3) is 0 Å². The number of hydrogen-bond donors (Lipinski definition) is 0. The average Bonchev–Trinajstić information content (AvgIpc) is 2.75. The number of carbonyl (C=O) groups is 1. The first-order chi connectivity index (χ1) is 5.40. The van der Waals surface area contributed by atoms with Crippen LogP contribution in [0.25, 0.3) is 0 Å². The Morgan fingerprint density at radius 2 is 2.55 bits per heavy atom. The Hall–Kier alpha value is -1.12. The first kappa shape index (κ1) is 6.58. The summed E-state index contributed by atoms with van der Waals surface area (Å²) in [7, 11) is 0. The van der Waals surface area contributed by atoms with Crippen LogP contribution in [0, 0.1) is 0 Å². The summed E-state index contributed by atoms with van der Waals surface area (Å²) in [5, 5.41) is 0. The van der Waals surface area contributed by atoms with Crippen LogP contribution in [0.1, 0.15) is 30.3 Å². The highest BCUT2D eigenvalue weighted by Crippen LogP contribution is 2.39. The van der Waals surface area contributed by atoms with Crippen LogP contribution in [0.4, 0.5) is 0 Å². The van der Waals surface area contributed by atoms with Crippen molar-refractivity contribution in [1.29, 1.82) is 0 Å². The predicted molar refractivity (Wildman–Crippen MR) is 38.2 cm³/mol. The fourth-order valence-electron chi connectivity index (χ4n) is 1.02. The van der Waals surface area contributed by atoms with E-state index in [1.165, 1.54) is 12.8 Å². The Morgan fingerprint density at radius 1 is 1.73 bits per heavy atom. The van der Waals surface area contributed by atoms with Gasteiger partial charge in [0.15, 0.2) is 5.89 Å². The van der Waals surface area contributed by atoms with Crippen molar-refractivity contribution in [3.05, 3.63) is 17.8 Å². The second-order valence-corrected chi connectivity index (χ2v) is 2.82. The first-order valence-electron chi connectivity index (χ1n) is 3.78. The summed E-state index contributed by atoms with van der Waals surface area (Å²) >= 11 is 0. The summed E-state index contributed by atoms with van der Waals surface area (Å²) < 4.78 is 5.17. The third-order valence-corrected chi connectivity index (χ3v) is 1.79. The summed E-state index contributed by atoms with van der Waals surface area (Å²) in [6.45, 7) is 0. The van der Waals surface area contributed by atoms with E-state index in [9.17, 15) is 4.79 Å². The minimum absolute atomic E-state index is 0.371. The summed E-state index contributed by atoms with van der Waals surface area (Å²) in [5.74, 6) is 1.34. The smallest absolute Gasteiger partial charge is 0.197 e. The van der Waals surface area contributed by atoms with Crippen LogP contribution in [0.3, 0.4) is 0 Å². The van der Waals surface area contributed by atoms with Gasteiger partial charge in [-0.05, 0) is 12.8 Å². The molecule has 0 bridgehead atoms. The Kier molecular flexibility index (Phi) is 1.49. The van der Waals surface area contributed by atoms with Gasteiger partial charge in [0.2, 0.25) is 0 Å². The van der Waals surface area contributed by atoms with Gasteiger partial charge in [-0.2, -0.15) is 0 Å². The zero-order chi connectivity index (χ0) is 7.68. The van der Waals surface area contributed by atoms with Gasteiger partial charge in [0.05, 0.1) is 5.69 Å². The molecule has 0 N–H and O–H groups in total. The van der Waals surface area contributed by atoms with Gasteiger partial charge in [-0.25, -0.2) is 4.98 Å². The Bertz CT molecular complexity index is 263. The van der Waals surface area contributed by atoms with Crippen LogP contribution in [-0.2, 0) is 11.2 Å². The molecule has 1 saturated carbocycles. The van der Waals surface area contributed by atoms with E-state index in [4.69, 9.17) is 4.42 Å². The standard InChI is InChI=1S/C8H9NO2/c10-4-3-7-5-11-8(9-7)6-1-2-6/h4-6H,1-3H2. The highest BCUT2D eigenvalue weighted by atomic mass is 16.3. The van der Waals surface area contributed by atoms with Gasteiger partial charge in [-0.15, -0.1) is 0 Å². The fourth-order valence-corrected chi connectivity index (χ4v) is 1.02. The SMILES string of the molecule is O=CCc1coc(C2CC2)n1. The highest BCUT2D eigenvalue weighted by molar-refractivity contribution is 5.53. The van der Waals surface area contributed by atoms with E-state index in [0.29, 0.717) is 12.3 Å². The van der Waals surface area contributed by atoms with Crippen molar-refractivity contribution in [2.24, 2.45) is 0 Å². The second-order valence-electron chi connectivity index (χ2n) is 2.82. The molecule has 0 aliphatic heterocycles. The number of aromatic nitrogens is 1. The zero-order valence-corrected chi connectivity index (χ0v) is 6.12. The topological polar surface area (TPSA) is 43.1 Å². The van der Waals surface area contributed by atoms with Gasteiger partial charge in [0, 0.05) is 12.3 Å². The minimum atomic E-state index is 0.371. The third-order valence-electron chi connectivity index (χ3n) is 1.79. The normalized spacial score (nSPS) is 16.7. The van der Waals surface area contributed by atoms with E-state index < -0.39 is 0 Å². The molecule has 0 aromatic carbocycles. The molecule has 1 heterocycles. The van der Waals surface area contributed by atoms with Crippen LogP contribution in [-0.4, -0.2) is 11.3 Å². The lowest BCUT2D eigenvalue weighted by atomic mass is 10.4. The molecule has 11 heavy (non-hydrogen) atoms. The summed E-state index contributed by atoms with van der Waals surface area (Å²) in [6.07, 6.45) is 5.15. The third kappa shape index (κ3) is 1.31. The highest BCUT2D eigenvalue weighted by Gasteiger charge is 2.28. The second kappa shape index (κ2) is 2.49. The van der Waals surface area contributed by atoms with Crippen molar-refractivity contribution >= 4 is 6.29 Å². The van der Waals surface area contributed by atoms with Gasteiger partial charge in [0.1, 0.15) is 12.5 Å². The maximum atomic E-state index is 10.1. The predicted octanol–water partition coefficient (Wildman–Crippen LogP) is 1.29. The first-order valence-corrected chi connectivity index (χ1v) is 3.78. The van der Waals surface area contributed by atoms with E-state index in [2.05, 4.69) is 4.98 Å². The summed E-state index contributed by atoms with van der Waals surface area (Å²) in [5.41, 5.74) is 0.752. The van der Waals surface area contributed by atoms with Crippen molar-refractivity contribution in [3.63, 3.8) is 0 Å². The van der Waals surface area contributed by atoms with Crippen molar-refractivity contribution in [1.82, 2.24) is 4.98 Å². The van der Waals surface area contributed by atoms with E-state index in [0.717, 1.165) is 17.9 Å². The monoisotopic (exact) mass is 151 g/mol. The lowest BCUT2D eigenvalue weighted by Gasteiger charge is -1.82. The van der Waals surface area contributed by atoms with Gasteiger partial charge in [-0.1, -0.05) is 0 Å². The molecule has 0 amide bonds. The quantitative estimate of drug-likeness (QED) is 0.611. The molecule has 3 heteroatoms. The maximum Gasteiger partial charge on any atom is 0.197 e. The molecule has 0 saturated heterocycles. The lowest BCUT2D eigenvalue weighted by molar-refractivity contribution is -0.107. The molecule has 1 fully saturated rings. The average molecular weight is 151 g/mol. The number of hydrogen-bond acceptors (Lipinski definition) is 3. The van der Waals surface area contributed by atoms with Gasteiger partial charge < -0.3 is 9.21 Å². The molecule has 0 unspecified atom stereocenters. The fraction of sp³-hybridized carbons (Fsp3) is 0.500. The van der Waals surface area contributed by atoms with Crippen LogP contribution >= 0.6 is 0 Å². The van der Waals surface area contributed by atoms with Gasteiger partial charge >= 0.3 is 0 Å². The molecule has 2 rings (SSSR count). The number of carbonyl (C=O) groups excluding carboxylic acids is 1. The van der Waals surface area contributed by atoms with E-state index >= 15 is 0 Å². The number of aldehydes is 1. The molecule has 1 aromatic rings. The van der Waals surface area contributed by atoms with Crippen molar-refractivity contribution in [2.45, 2.75) is 25.2 Å². The summed E-state index contributed by atoms with van der Waals surface area (Å²) in [6, 6.07) is 0. The molecular formula is C8H9NO2. The molecule has 0 atom stereocenters. The van der Waals surface area contributed by atoms with Crippen molar-refractivity contribution in [3.8, 4) is 0 Å². The van der Waals surface area contributed by atoms with Crippen LogP contribution in [0.2, 0.25) is 0 Å². The Labute approximate surface area is 64.4 Å². The van der Waals surface area contributed by atoms with Gasteiger partial charge in [-0.3, -0.25) is 0 Å². The van der Waals surface area contributed by atoms with Crippen molar-refractivity contribution in [2.75, 3.05) is 0 Å². The Morgan fingerprint density at radius 3 is 3.18 bits per heavy atom. The number of oxazole rings is 1. The molecular weight excluding hydrogens is 142 g/mol. The molecule has 0 radical (unpaired) electrons. The Balaban J connectivity index is 2.11. The van der Waals surface area contributed by atoms with E-state index in [1.807, 2.05) is 0 Å². The number of nitrogens with zero attached hydrogens (tertiary/aromatic N) is 1.